The highest BCUT2D eigenvalue weighted by molar-refractivity contribution is 8.00. The average molecular weight is 358 g/mol. The number of aryl methyl sites for hydroxylation is 1. The van der Waals surface area contributed by atoms with Crippen molar-refractivity contribution >= 4 is 40.3 Å². The zero-order valence-corrected chi connectivity index (χ0v) is 14.9. The molecule has 0 aliphatic carbocycles. The first-order valence-corrected chi connectivity index (χ1v) is 8.75. The predicted molar refractivity (Wildman–Crippen MR) is 95.6 cm³/mol. The van der Waals surface area contributed by atoms with Gasteiger partial charge in [-0.25, -0.2) is 14.8 Å². The molecule has 3 amide bonds. The molecule has 0 bridgehead atoms. The number of hydrogen-bond donors (Lipinski definition) is 2. The Kier molecular flexibility index (Phi) is 4.84. The van der Waals surface area contributed by atoms with Crippen molar-refractivity contribution in [3.63, 3.8) is 0 Å². The molecule has 0 fully saturated rings. The van der Waals surface area contributed by atoms with Crippen molar-refractivity contribution < 1.29 is 9.59 Å². The van der Waals surface area contributed by atoms with Gasteiger partial charge in [-0.2, -0.15) is 4.52 Å². The Morgan fingerprint density at radius 2 is 2.04 bits per heavy atom. The topological polar surface area (TPSA) is 101 Å². The summed E-state index contributed by atoms with van der Waals surface area (Å²) in [5.74, 6) is 0.232. The molecule has 0 aliphatic heterocycles. The normalized spacial score (nSPS) is 12.3. The van der Waals surface area contributed by atoms with Crippen molar-refractivity contribution in [1.82, 2.24) is 30.2 Å². The van der Waals surface area contributed by atoms with Crippen LogP contribution >= 0.6 is 11.8 Å². The summed E-state index contributed by atoms with van der Waals surface area (Å²) in [6.45, 7) is 5.75. The molecule has 1 atom stereocenters. The Labute approximate surface area is 148 Å². The zero-order chi connectivity index (χ0) is 18.0. The van der Waals surface area contributed by atoms with Gasteiger partial charge >= 0.3 is 6.03 Å². The molecule has 1 unspecified atom stereocenters. The van der Waals surface area contributed by atoms with Crippen molar-refractivity contribution in [2.75, 3.05) is 6.54 Å². The number of benzene rings is 1. The fourth-order valence-electron chi connectivity index (χ4n) is 2.34. The molecule has 2 N–H and O–H groups in total. The fourth-order valence-corrected chi connectivity index (χ4v) is 3.20. The molecule has 9 heteroatoms. The second-order valence-electron chi connectivity index (χ2n) is 5.41. The van der Waals surface area contributed by atoms with Gasteiger partial charge in [0.1, 0.15) is 5.82 Å². The summed E-state index contributed by atoms with van der Waals surface area (Å²) in [5.41, 5.74) is 1.48. The molecule has 25 heavy (non-hydrogen) atoms. The molecule has 0 saturated carbocycles. The van der Waals surface area contributed by atoms with Crippen LogP contribution in [0.15, 0.2) is 29.4 Å². The average Bonchev–Trinajstić information content (AvgIpc) is 2.97. The number of hydrogen-bond acceptors (Lipinski definition) is 6. The maximum atomic E-state index is 12.2. The number of fused-ring (bicyclic) bond motifs is 3. The summed E-state index contributed by atoms with van der Waals surface area (Å²) in [6.07, 6.45) is 0. The highest BCUT2D eigenvalue weighted by atomic mass is 32.2. The van der Waals surface area contributed by atoms with Crippen LogP contribution in [0, 0.1) is 6.92 Å². The lowest BCUT2D eigenvalue weighted by atomic mass is 10.2. The van der Waals surface area contributed by atoms with E-state index in [-0.39, 0.29) is 0 Å². The van der Waals surface area contributed by atoms with E-state index < -0.39 is 17.2 Å². The van der Waals surface area contributed by atoms with Crippen molar-refractivity contribution in [2.24, 2.45) is 0 Å². The van der Waals surface area contributed by atoms with Crippen LogP contribution < -0.4 is 10.6 Å². The number of carbonyl (C=O) groups is 2. The molecule has 0 spiro atoms. The molecule has 130 valence electrons. The van der Waals surface area contributed by atoms with Gasteiger partial charge in [0, 0.05) is 11.9 Å². The Morgan fingerprint density at radius 1 is 1.28 bits per heavy atom. The number of aromatic nitrogens is 4. The first kappa shape index (κ1) is 17.2. The lowest BCUT2D eigenvalue weighted by molar-refractivity contribution is -0.119. The third kappa shape index (κ3) is 3.55. The Bertz CT molecular complexity index is 954. The number of amides is 3. The summed E-state index contributed by atoms with van der Waals surface area (Å²) in [7, 11) is 0. The summed E-state index contributed by atoms with van der Waals surface area (Å²) in [5, 5.41) is 10.1. The maximum Gasteiger partial charge on any atom is 0.321 e. The molecule has 0 radical (unpaired) electrons. The minimum absolute atomic E-state index is 0.393. The van der Waals surface area contributed by atoms with Gasteiger partial charge in [0.15, 0.2) is 10.8 Å². The molecule has 2 heterocycles. The summed E-state index contributed by atoms with van der Waals surface area (Å²) in [6, 6.07) is 7.14. The molecule has 8 nitrogen and oxygen atoms in total. The van der Waals surface area contributed by atoms with Gasteiger partial charge in [0.05, 0.1) is 10.8 Å². The van der Waals surface area contributed by atoms with Crippen LogP contribution in [-0.2, 0) is 4.79 Å². The van der Waals surface area contributed by atoms with E-state index in [2.05, 4.69) is 25.7 Å². The standard InChI is InChI=1S/C16H18N6O2S/c1-4-17-15(24)20-14(23)9(2)25-16-19-12-8-6-5-7-11(12)13-18-10(3)21-22(13)16/h5-9H,4H2,1-3H3,(H2,17,20,23,24). The molecule has 3 rings (SSSR count). The van der Waals surface area contributed by atoms with Gasteiger partial charge in [0.25, 0.3) is 0 Å². The van der Waals surface area contributed by atoms with Crippen molar-refractivity contribution in [2.45, 2.75) is 31.2 Å². The lowest BCUT2D eigenvalue weighted by Gasteiger charge is -2.12. The number of imide groups is 1. The van der Waals surface area contributed by atoms with Crippen molar-refractivity contribution in [3.05, 3.63) is 30.1 Å². The number of thioether (sulfide) groups is 1. The highest BCUT2D eigenvalue weighted by Gasteiger charge is 2.20. The number of nitrogens with zero attached hydrogens (tertiary/aromatic N) is 4. The molecule has 1 aromatic carbocycles. The number of nitrogens with one attached hydrogen (secondary N) is 2. The van der Waals surface area contributed by atoms with E-state index in [0.29, 0.717) is 23.2 Å². The lowest BCUT2D eigenvalue weighted by Crippen LogP contribution is -2.42. The summed E-state index contributed by atoms with van der Waals surface area (Å²) < 4.78 is 1.64. The smallest absolute Gasteiger partial charge is 0.321 e. The largest absolute Gasteiger partial charge is 0.338 e. The van der Waals surface area contributed by atoms with Crippen LogP contribution in [0.1, 0.15) is 19.7 Å². The first-order chi connectivity index (χ1) is 12.0. The maximum absolute atomic E-state index is 12.2. The van der Waals surface area contributed by atoms with Crippen molar-refractivity contribution in [3.8, 4) is 0 Å². The van der Waals surface area contributed by atoms with Crippen LogP contribution in [0.3, 0.4) is 0 Å². The third-order valence-corrected chi connectivity index (χ3v) is 4.52. The van der Waals surface area contributed by atoms with E-state index in [0.717, 1.165) is 10.9 Å². The van der Waals surface area contributed by atoms with Gasteiger partial charge in [-0.15, -0.1) is 5.10 Å². The second kappa shape index (κ2) is 7.06. The third-order valence-electron chi connectivity index (χ3n) is 3.48. The van der Waals surface area contributed by atoms with E-state index in [1.54, 1.807) is 25.3 Å². The molecule has 0 aliphatic rings. The van der Waals surface area contributed by atoms with E-state index in [4.69, 9.17) is 0 Å². The minimum atomic E-state index is -0.524. The summed E-state index contributed by atoms with van der Waals surface area (Å²) >= 11 is 1.23. The van der Waals surface area contributed by atoms with Crippen LogP contribution in [-0.4, -0.2) is 43.3 Å². The monoisotopic (exact) mass is 358 g/mol. The summed E-state index contributed by atoms with van der Waals surface area (Å²) in [4.78, 5) is 32.7. The van der Waals surface area contributed by atoms with Gasteiger partial charge in [-0.3, -0.25) is 10.1 Å². The van der Waals surface area contributed by atoms with Crippen LogP contribution in [0.2, 0.25) is 0 Å². The number of urea groups is 1. The van der Waals surface area contributed by atoms with E-state index in [1.165, 1.54) is 11.8 Å². The highest BCUT2D eigenvalue weighted by Crippen LogP contribution is 2.26. The van der Waals surface area contributed by atoms with Gasteiger partial charge in [-0.05, 0) is 32.9 Å². The molecule has 2 aromatic heterocycles. The molecular weight excluding hydrogens is 340 g/mol. The number of para-hydroxylation sites is 1. The number of rotatable bonds is 4. The van der Waals surface area contributed by atoms with Crippen LogP contribution in [0.4, 0.5) is 4.79 Å². The quantitative estimate of drug-likeness (QED) is 0.546. The Morgan fingerprint density at radius 3 is 2.80 bits per heavy atom. The SMILES string of the molecule is CCNC(=O)NC(=O)C(C)Sc1nc2ccccc2c2nc(C)nn12. The van der Waals surface area contributed by atoms with E-state index >= 15 is 0 Å². The van der Waals surface area contributed by atoms with Gasteiger partial charge in [-0.1, -0.05) is 23.9 Å². The molecule has 3 aromatic rings. The van der Waals surface area contributed by atoms with E-state index in [1.807, 2.05) is 24.3 Å². The molecule has 0 saturated heterocycles. The zero-order valence-electron chi connectivity index (χ0n) is 14.1. The fraction of sp³-hybridized carbons (Fsp3) is 0.312. The molecular formula is C16H18N6O2S. The van der Waals surface area contributed by atoms with Gasteiger partial charge in [0.2, 0.25) is 5.91 Å². The Balaban J connectivity index is 1.92. The van der Waals surface area contributed by atoms with Gasteiger partial charge < -0.3 is 5.32 Å². The number of carbonyl (C=O) groups excluding carboxylic acids is 2. The van der Waals surface area contributed by atoms with Crippen LogP contribution in [0.5, 0.6) is 0 Å². The second-order valence-corrected chi connectivity index (χ2v) is 6.72. The minimum Gasteiger partial charge on any atom is -0.338 e. The Hall–Kier alpha value is -2.68. The van der Waals surface area contributed by atoms with Crippen LogP contribution in [0.25, 0.3) is 16.6 Å². The van der Waals surface area contributed by atoms with E-state index in [9.17, 15) is 9.59 Å². The van der Waals surface area contributed by atoms with Crippen molar-refractivity contribution in [1.29, 1.82) is 0 Å². The first-order valence-electron chi connectivity index (χ1n) is 7.87. The predicted octanol–water partition coefficient (Wildman–Crippen LogP) is 1.91.